The van der Waals surface area contributed by atoms with Gasteiger partial charge in [0, 0.05) is 19.6 Å². The molecule has 0 atom stereocenters. The van der Waals surface area contributed by atoms with Gasteiger partial charge in [0.25, 0.3) is 0 Å². The minimum atomic E-state index is 1.14. The van der Waals surface area contributed by atoms with Crippen LogP contribution in [0.4, 0.5) is 0 Å². The van der Waals surface area contributed by atoms with E-state index in [1.165, 1.54) is 38.0 Å². The van der Waals surface area contributed by atoms with Crippen LogP contribution in [0.1, 0.15) is 19.8 Å². The quantitative estimate of drug-likeness (QED) is 0.659. The molecular formula is C12H20N2. The standard InChI is InChI=1S/C12H20N2/c1-11-3-5-12(6-4-11)9-14-8-7-13(2)10-14/h3,5H,4,6-10H2,1-2H3. The summed E-state index contributed by atoms with van der Waals surface area (Å²) in [5.74, 6) is 0. The molecule has 0 aromatic carbocycles. The molecule has 0 spiro atoms. The summed E-state index contributed by atoms with van der Waals surface area (Å²) in [7, 11) is 2.19. The number of hydrogen-bond acceptors (Lipinski definition) is 2. The highest BCUT2D eigenvalue weighted by Gasteiger charge is 2.17. The van der Waals surface area contributed by atoms with Crippen LogP contribution in [0.25, 0.3) is 0 Å². The summed E-state index contributed by atoms with van der Waals surface area (Å²) in [5, 5.41) is 0. The summed E-state index contributed by atoms with van der Waals surface area (Å²) in [6.45, 7) is 6.99. The zero-order chi connectivity index (χ0) is 9.97. The van der Waals surface area contributed by atoms with Crippen molar-refractivity contribution < 1.29 is 0 Å². The Morgan fingerprint density at radius 3 is 2.64 bits per heavy atom. The van der Waals surface area contributed by atoms with Crippen LogP contribution < -0.4 is 0 Å². The zero-order valence-corrected chi connectivity index (χ0v) is 9.29. The number of hydrogen-bond donors (Lipinski definition) is 0. The van der Waals surface area contributed by atoms with Crippen LogP contribution in [0, 0.1) is 0 Å². The molecule has 1 fully saturated rings. The highest BCUT2D eigenvalue weighted by molar-refractivity contribution is 5.23. The Kier molecular flexibility index (Phi) is 3.04. The molecule has 0 bridgehead atoms. The van der Waals surface area contributed by atoms with Gasteiger partial charge >= 0.3 is 0 Å². The van der Waals surface area contributed by atoms with Gasteiger partial charge in [0.05, 0.1) is 6.67 Å². The molecule has 0 amide bonds. The van der Waals surface area contributed by atoms with Crippen molar-refractivity contribution >= 4 is 0 Å². The Balaban J connectivity index is 1.86. The van der Waals surface area contributed by atoms with Crippen molar-refractivity contribution in [3.8, 4) is 0 Å². The first-order valence-electron chi connectivity index (χ1n) is 5.50. The van der Waals surface area contributed by atoms with Crippen LogP contribution in [-0.2, 0) is 0 Å². The largest absolute Gasteiger partial charge is 0.292 e. The van der Waals surface area contributed by atoms with Gasteiger partial charge in [-0.05, 0) is 26.8 Å². The van der Waals surface area contributed by atoms with Gasteiger partial charge in [-0.3, -0.25) is 9.80 Å². The minimum Gasteiger partial charge on any atom is -0.292 e. The molecule has 1 saturated heterocycles. The predicted octanol–water partition coefficient (Wildman–Crippen LogP) is 1.86. The monoisotopic (exact) mass is 192 g/mol. The van der Waals surface area contributed by atoms with Crippen LogP contribution in [0.15, 0.2) is 23.3 Å². The molecule has 0 aromatic heterocycles. The molecule has 2 heteroatoms. The van der Waals surface area contributed by atoms with Crippen molar-refractivity contribution in [2.45, 2.75) is 19.8 Å². The van der Waals surface area contributed by atoms with E-state index < -0.39 is 0 Å². The molecule has 0 radical (unpaired) electrons. The van der Waals surface area contributed by atoms with Crippen molar-refractivity contribution in [2.75, 3.05) is 33.4 Å². The summed E-state index contributed by atoms with van der Waals surface area (Å²) in [6, 6.07) is 0. The third-order valence-electron chi connectivity index (χ3n) is 3.11. The zero-order valence-electron chi connectivity index (χ0n) is 9.29. The van der Waals surface area contributed by atoms with E-state index in [1.54, 1.807) is 5.57 Å². The molecule has 14 heavy (non-hydrogen) atoms. The summed E-state index contributed by atoms with van der Waals surface area (Å²) in [6.07, 6.45) is 7.12. The average molecular weight is 192 g/mol. The summed E-state index contributed by atoms with van der Waals surface area (Å²) in [5.41, 5.74) is 3.12. The first kappa shape index (κ1) is 9.94. The first-order chi connectivity index (χ1) is 6.74. The van der Waals surface area contributed by atoms with Crippen molar-refractivity contribution in [3.05, 3.63) is 23.3 Å². The van der Waals surface area contributed by atoms with E-state index in [2.05, 4.69) is 35.9 Å². The number of likely N-dealkylation sites (N-methyl/N-ethyl adjacent to an activating group) is 1. The lowest BCUT2D eigenvalue weighted by Gasteiger charge is -2.19. The molecule has 1 aliphatic heterocycles. The maximum atomic E-state index is 2.53. The molecule has 2 rings (SSSR count). The highest BCUT2D eigenvalue weighted by Crippen LogP contribution is 2.19. The first-order valence-corrected chi connectivity index (χ1v) is 5.50. The van der Waals surface area contributed by atoms with Crippen LogP contribution in [0.3, 0.4) is 0 Å². The smallest absolute Gasteiger partial charge is 0.0507 e. The lowest BCUT2D eigenvalue weighted by molar-refractivity contribution is 0.290. The molecule has 0 saturated carbocycles. The number of rotatable bonds is 2. The molecule has 2 nitrogen and oxygen atoms in total. The second-order valence-electron chi connectivity index (χ2n) is 4.61. The molecule has 1 aliphatic carbocycles. The molecule has 78 valence electrons. The van der Waals surface area contributed by atoms with E-state index in [-0.39, 0.29) is 0 Å². The second-order valence-corrected chi connectivity index (χ2v) is 4.61. The molecule has 0 unspecified atom stereocenters. The van der Waals surface area contributed by atoms with Crippen LogP contribution >= 0.6 is 0 Å². The molecular weight excluding hydrogens is 172 g/mol. The Morgan fingerprint density at radius 2 is 2.07 bits per heavy atom. The maximum Gasteiger partial charge on any atom is 0.0507 e. The normalized spacial score (nSPS) is 25.0. The van der Waals surface area contributed by atoms with Crippen LogP contribution in [0.2, 0.25) is 0 Å². The highest BCUT2D eigenvalue weighted by atomic mass is 15.4. The van der Waals surface area contributed by atoms with Gasteiger partial charge in [-0.15, -0.1) is 0 Å². The lowest BCUT2D eigenvalue weighted by Crippen LogP contribution is -2.25. The summed E-state index contributed by atoms with van der Waals surface area (Å²) < 4.78 is 0. The number of allylic oxidation sites excluding steroid dienone is 3. The van der Waals surface area contributed by atoms with Crippen molar-refractivity contribution in [3.63, 3.8) is 0 Å². The predicted molar refractivity (Wildman–Crippen MR) is 60.1 cm³/mol. The van der Waals surface area contributed by atoms with Gasteiger partial charge in [-0.1, -0.05) is 23.3 Å². The topological polar surface area (TPSA) is 6.48 Å². The average Bonchev–Trinajstić information content (AvgIpc) is 2.56. The van der Waals surface area contributed by atoms with Crippen molar-refractivity contribution in [1.82, 2.24) is 9.80 Å². The van der Waals surface area contributed by atoms with Gasteiger partial charge in [0.2, 0.25) is 0 Å². The fourth-order valence-corrected chi connectivity index (χ4v) is 2.13. The Bertz CT molecular complexity index is 265. The fraction of sp³-hybridized carbons (Fsp3) is 0.667. The van der Waals surface area contributed by atoms with E-state index in [4.69, 9.17) is 0 Å². The van der Waals surface area contributed by atoms with Crippen LogP contribution in [0.5, 0.6) is 0 Å². The van der Waals surface area contributed by atoms with E-state index in [0.717, 1.165) is 6.67 Å². The third-order valence-corrected chi connectivity index (χ3v) is 3.11. The van der Waals surface area contributed by atoms with Gasteiger partial charge in [-0.2, -0.15) is 0 Å². The summed E-state index contributed by atoms with van der Waals surface area (Å²) >= 11 is 0. The number of nitrogens with zero attached hydrogens (tertiary/aromatic N) is 2. The van der Waals surface area contributed by atoms with Crippen molar-refractivity contribution in [2.24, 2.45) is 0 Å². The molecule has 2 aliphatic rings. The van der Waals surface area contributed by atoms with Gasteiger partial charge in [0.15, 0.2) is 0 Å². The lowest BCUT2D eigenvalue weighted by atomic mass is 9.99. The Morgan fingerprint density at radius 1 is 1.21 bits per heavy atom. The van der Waals surface area contributed by atoms with Gasteiger partial charge in [0.1, 0.15) is 0 Å². The SMILES string of the molecule is CC1=CC=C(CN2CCN(C)C2)CC1. The fourth-order valence-electron chi connectivity index (χ4n) is 2.13. The van der Waals surface area contributed by atoms with E-state index in [0.29, 0.717) is 0 Å². The summed E-state index contributed by atoms with van der Waals surface area (Å²) in [4.78, 5) is 4.91. The molecule has 0 N–H and O–H groups in total. The van der Waals surface area contributed by atoms with E-state index in [9.17, 15) is 0 Å². The van der Waals surface area contributed by atoms with Crippen molar-refractivity contribution in [1.29, 1.82) is 0 Å². The van der Waals surface area contributed by atoms with E-state index in [1.807, 2.05) is 0 Å². The van der Waals surface area contributed by atoms with Crippen LogP contribution in [-0.4, -0.2) is 43.2 Å². The van der Waals surface area contributed by atoms with Gasteiger partial charge < -0.3 is 0 Å². The minimum absolute atomic E-state index is 1.14. The molecule has 0 aromatic rings. The Hall–Kier alpha value is -0.600. The van der Waals surface area contributed by atoms with Gasteiger partial charge in [-0.25, -0.2) is 0 Å². The van der Waals surface area contributed by atoms with E-state index >= 15 is 0 Å². The maximum absolute atomic E-state index is 2.53. The second kappa shape index (κ2) is 4.28. The third kappa shape index (κ3) is 2.46. The molecule has 1 heterocycles. The Labute approximate surface area is 86.9 Å².